The van der Waals surface area contributed by atoms with Crippen molar-refractivity contribution in [2.45, 2.75) is 32.4 Å². The highest BCUT2D eigenvalue weighted by atomic mass is 16.6. The van der Waals surface area contributed by atoms with Crippen LogP contribution in [0.5, 0.6) is 0 Å². The Bertz CT molecular complexity index is 477. The third-order valence-corrected chi connectivity index (χ3v) is 3.64. The molecule has 0 bridgehead atoms. The number of nitrogens with zero attached hydrogens (tertiary/aromatic N) is 2. The number of hydrogen-bond donors (Lipinski definition) is 1. The van der Waals surface area contributed by atoms with Crippen LogP contribution in [-0.2, 0) is 11.3 Å². The van der Waals surface area contributed by atoms with E-state index in [1.807, 2.05) is 0 Å². The molecule has 6 heteroatoms. The van der Waals surface area contributed by atoms with Crippen molar-refractivity contribution in [1.82, 2.24) is 4.98 Å². The largest absolute Gasteiger partial charge is 0.527 e. The SMILES string of the molecule is C[C@@H]1CCC[N+]1(C(=O)O)C(=O)OCc1cccnc1. The van der Waals surface area contributed by atoms with E-state index in [1.165, 1.54) is 0 Å². The lowest BCUT2D eigenvalue weighted by Gasteiger charge is -2.27. The van der Waals surface area contributed by atoms with Crippen LogP contribution in [0.1, 0.15) is 25.3 Å². The lowest BCUT2D eigenvalue weighted by Crippen LogP contribution is -2.58. The number of quaternary nitrogens is 1. The first-order valence-corrected chi connectivity index (χ1v) is 6.25. The Labute approximate surface area is 111 Å². The molecule has 19 heavy (non-hydrogen) atoms. The standard InChI is InChI=1S/C13H16N2O4/c1-10-4-3-7-15(10,12(16)17)13(18)19-9-11-5-2-6-14-8-11/h2,5-6,8,10H,3-4,7,9H2,1H3/p+1/t10-,15?/m1/s1. The normalized spacial score (nSPS) is 26.1. The second-order valence-corrected chi connectivity index (χ2v) is 4.78. The molecule has 1 unspecified atom stereocenters. The van der Waals surface area contributed by atoms with Gasteiger partial charge in [-0.25, -0.2) is 0 Å². The minimum atomic E-state index is -1.14. The molecule has 0 aromatic carbocycles. The number of carboxylic acid groups (broad SMARTS) is 1. The van der Waals surface area contributed by atoms with Crippen molar-refractivity contribution in [1.29, 1.82) is 0 Å². The highest BCUT2D eigenvalue weighted by molar-refractivity contribution is 5.75. The van der Waals surface area contributed by atoms with Crippen LogP contribution in [0.2, 0.25) is 0 Å². The van der Waals surface area contributed by atoms with Gasteiger partial charge in [-0.2, -0.15) is 9.59 Å². The summed E-state index contributed by atoms with van der Waals surface area (Å²) in [5, 5.41) is 9.36. The van der Waals surface area contributed by atoms with Crippen molar-refractivity contribution in [3.05, 3.63) is 30.1 Å². The molecule has 1 N–H and O–H groups in total. The summed E-state index contributed by atoms with van der Waals surface area (Å²) in [6.45, 7) is 2.11. The van der Waals surface area contributed by atoms with Gasteiger partial charge in [-0.1, -0.05) is 6.07 Å². The van der Waals surface area contributed by atoms with Gasteiger partial charge in [0.05, 0.1) is 0 Å². The topological polar surface area (TPSA) is 76.5 Å². The summed E-state index contributed by atoms with van der Waals surface area (Å²) >= 11 is 0. The van der Waals surface area contributed by atoms with Crippen molar-refractivity contribution in [2.75, 3.05) is 6.54 Å². The van der Waals surface area contributed by atoms with E-state index >= 15 is 0 Å². The van der Waals surface area contributed by atoms with Crippen LogP contribution in [0.15, 0.2) is 24.5 Å². The van der Waals surface area contributed by atoms with Gasteiger partial charge in [0.2, 0.25) is 0 Å². The summed E-state index contributed by atoms with van der Waals surface area (Å²) in [5.74, 6) is 0. The summed E-state index contributed by atoms with van der Waals surface area (Å²) in [6.07, 6.45) is 2.82. The van der Waals surface area contributed by atoms with Gasteiger partial charge in [0.1, 0.15) is 19.2 Å². The fraction of sp³-hybridized carbons (Fsp3) is 0.462. The molecule has 2 heterocycles. The second kappa shape index (κ2) is 5.36. The number of likely N-dealkylation sites (tertiary alicyclic amines) is 1. The first-order chi connectivity index (χ1) is 9.07. The Morgan fingerprint density at radius 1 is 1.58 bits per heavy atom. The van der Waals surface area contributed by atoms with E-state index in [4.69, 9.17) is 4.74 Å². The van der Waals surface area contributed by atoms with Gasteiger partial charge in [0.15, 0.2) is 0 Å². The highest BCUT2D eigenvalue weighted by Gasteiger charge is 2.54. The molecule has 2 rings (SSSR count). The predicted molar refractivity (Wildman–Crippen MR) is 66.3 cm³/mol. The number of imide groups is 1. The monoisotopic (exact) mass is 265 g/mol. The molecular formula is C13H17N2O4+. The quantitative estimate of drug-likeness (QED) is 0.831. The van der Waals surface area contributed by atoms with Crippen molar-refractivity contribution in [2.24, 2.45) is 0 Å². The summed E-state index contributed by atoms with van der Waals surface area (Å²) in [4.78, 5) is 27.5. The lowest BCUT2D eigenvalue weighted by molar-refractivity contribution is -0.795. The summed E-state index contributed by atoms with van der Waals surface area (Å²) in [5.41, 5.74) is 0.742. The van der Waals surface area contributed by atoms with E-state index in [2.05, 4.69) is 4.98 Å². The Balaban J connectivity index is 2.07. The second-order valence-electron chi connectivity index (χ2n) is 4.78. The zero-order valence-corrected chi connectivity index (χ0v) is 10.8. The van der Waals surface area contributed by atoms with E-state index in [0.29, 0.717) is 13.0 Å². The van der Waals surface area contributed by atoms with E-state index in [1.54, 1.807) is 31.5 Å². The van der Waals surface area contributed by atoms with Crippen LogP contribution in [0, 0.1) is 0 Å². The summed E-state index contributed by atoms with van der Waals surface area (Å²) in [7, 11) is 0. The number of hydrogen-bond acceptors (Lipinski definition) is 4. The molecule has 0 radical (unpaired) electrons. The Kier molecular flexibility index (Phi) is 3.80. The fourth-order valence-corrected chi connectivity index (χ4v) is 2.45. The summed E-state index contributed by atoms with van der Waals surface area (Å²) < 4.78 is 4.53. The minimum Gasteiger partial charge on any atom is -0.435 e. The molecule has 2 amide bonds. The zero-order valence-electron chi connectivity index (χ0n) is 10.8. The number of carbonyl (C=O) groups excluding carboxylic acids is 1. The Hall–Kier alpha value is -1.95. The first-order valence-electron chi connectivity index (χ1n) is 6.25. The number of ether oxygens (including phenoxy) is 1. The van der Waals surface area contributed by atoms with Crippen LogP contribution in [0.3, 0.4) is 0 Å². The maximum Gasteiger partial charge on any atom is 0.527 e. The maximum atomic E-state index is 12.1. The number of pyridine rings is 1. The average Bonchev–Trinajstić information content (AvgIpc) is 2.80. The number of carbonyl (C=O) groups is 2. The van der Waals surface area contributed by atoms with Crippen molar-refractivity contribution < 1.29 is 23.9 Å². The van der Waals surface area contributed by atoms with Crippen molar-refractivity contribution in [3.63, 3.8) is 0 Å². The van der Waals surface area contributed by atoms with Crippen LogP contribution in [0.4, 0.5) is 9.59 Å². The molecular weight excluding hydrogens is 248 g/mol. The van der Waals surface area contributed by atoms with E-state index in [9.17, 15) is 14.7 Å². The van der Waals surface area contributed by atoms with E-state index in [-0.39, 0.29) is 12.6 Å². The smallest absolute Gasteiger partial charge is 0.435 e. The van der Waals surface area contributed by atoms with Crippen LogP contribution < -0.4 is 0 Å². The highest BCUT2D eigenvalue weighted by Crippen LogP contribution is 2.29. The maximum absolute atomic E-state index is 12.1. The molecule has 1 aliphatic rings. The molecule has 0 aliphatic carbocycles. The number of aromatic nitrogens is 1. The third-order valence-electron chi connectivity index (χ3n) is 3.64. The molecule has 1 aliphatic heterocycles. The molecule has 1 aromatic rings. The van der Waals surface area contributed by atoms with Crippen LogP contribution in [0.25, 0.3) is 0 Å². The molecule has 6 nitrogen and oxygen atoms in total. The van der Waals surface area contributed by atoms with Gasteiger partial charge in [0.25, 0.3) is 0 Å². The van der Waals surface area contributed by atoms with Gasteiger partial charge >= 0.3 is 12.2 Å². The average molecular weight is 265 g/mol. The summed E-state index contributed by atoms with van der Waals surface area (Å²) in [6, 6.07) is 3.26. The van der Waals surface area contributed by atoms with Crippen LogP contribution >= 0.6 is 0 Å². The zero-order chi connectivity index (χ0) is 13.9. The Morgan fingerprint density at radius 3 is 2.89 bits per heavy atom. The number of amides is 2. The molecule has 0 saturated carbocycles. The molecule has 1 fully saturated rings. The van der Waals surface area contributed by atoms with E-state index in [0.717, 1.165) is 12.0 Å². The lowest BCUT2D eigenvalue weighted by atomic mass is 10.2. The van der Waals surface area contributed by atoms with Crippen molar-refractivity contribution >= 4 is 12.2 Å². The van der Waals surface area contributed by atoms with Crippen LogP contribution in [-0.4, -0.2) is 39.3 Å². The fourth-order valence-electron chi connectivity index (χ4n) is 2.45. The van der Waals surface area contributed by atoms with Gasteiger partial charge < -0.3 is 9.84 Å². The van der Waals surface area contributed by atoms with E-state index < -0.39 is 16.7 Å². The van der Waals surface area contributed by atoms with Gasteiger partial charge in [0, 0.05) is 30.8 Å². The minimum absolute atomic E-state index is 0.0483. The molecule has 0 spiro atoms. The predicted octanol–water partition coefficient (Wildman–Crippen LogP) is 2.40. The van der Waals surface area contributed by atoms with Gasteiger partial charge in [-0.05, 0) is 13.0 Å². The van der Waals surface area contributed by atoms with Crippen molar-refractivity contribution in [3.8, 4) is 0 Å². The third kappa shape index (κ3) is 2.44. The van der Waals surface area contributed by atoms with Gasteiger partial charge in [-0.15, -0.1) is 4.48 Å². The Morgan fingerprint density at radius 2 is 2.37 bits per heavy atom. The molecule has 102 valence electrons. The molecule has 2 atom stereocenters. The molecule has 1 aromatic heterocycles. The van der Waals surface area contributed by atoms with Gasteiger partial charge in [-0.3, -0.25) is 4.98 Å². The number of rotatable bonds is 2. The molecule has 1 saturated heterocycles. The first kappa shape index (κ1) is 13.5.